The van der Waals surface area contributed by atoms with Gasteiger partial charge in [0.1, 0.15) is 0 Å². The van der Waals surface area contributed by atoms with E-state index in [-0.39, 0.29) is 11.9 Å². The van der Waals surface area contributed by atoms with E-state index in [2.05, 4.69) is 27.7 Å². The monoisotopic (exact) mass is 424 g/mol. The summed E-state index contributed by atoms with van der Waals surface area (Å²) in [7, 11) is 0. The molecule has 30 heavy (non-hydrogen) atoms. The van der Waals surface area contributed by atoms with E-state index in [4.69, 9.17) is 0 Å². The van der Waals surface area contributed by atoms with Crippen molar-refractivity contribution in [2.24, 2.45) is 0 Å². The zero-order valence-corrected chi connectivity index (χ0v) is 18.3. The molecule has 6 nitrogen and oxygen atoms in total. The van der Waals surface area contributed by atoms with Crippen LogP contribution in [0.3, 0.4) is 0 Å². The van der Waals surface area contributed by atoms with Crippen molar-refractivity contribution < 1.29 is 9.59 Å². The lowest BCUT2D eigenvalue weighted by Gasteiger charge is -2.26. The minimum atomic E-state index is -0.139. The van der Waals surface area contributed by atoms with Crippen molar-refractivity contribution in [3.05, 3.63) is 58.7 Å². The number of carbonyl (C=O) groups excluding carboxylic acids is 2. The zero-order chi connectivity index (χ0) is 21.1. The zero-order valence-electron chi connectivity index (χ0n) is 17.5. The van der Waals surface area contributed by atoms with Gasteiger partial charge >= 0.3 is 6.03 Å². The maximum atomic E-state index is 12.8. The second-order valence-corrected chi connectivity index (χ2v) is 9.10. The van der Waals surface area contributed by atoms with Crippen LogP contribution in [0.25, 0.3) is 0 Å². The Bertz CT molecular complexity index is 956. The quantitative estimate of drug-likeness (QED) is 0.769. The molecular formula is C23H28N4O2S. The Kier molecular flexibility index (Phi) is 6.29. The van der Waals surface area contributed by atoms with Crippen LogP contribution in [0.1, 0.15) is 27.0 Å². The van der Waals surface area contributed by atoms with E-state index in [1.807, 2.05) is 43.8 Å². The van der Waals surface area contributed by atoms with Crippen LogP contribution in [-0.2, 0) is 6.54 Å². The first-order chi connectivity index (χ1) is 14.5. The summed E-state index contributed by atoms with van der Waals surface area (Å²) in [5.74, 6) is 2.26. The lowest BCUT2D eigenvalue weighted by molar-refractivity contribution is 0.102. The van der Waals surface area contributed by atoms with Crippen LogP contribution in [0.5, 0.6) is 0 Å². The Balaban J connectivity index is 1.43. The third kappa shape index (κ3) is 4.63. The van der Waals surface area contributed by atoms with Crippen LogP contribution in [0.15, 0.2) is 36.4 Å². The summed E-state index contributed by atoms with van der Waals surface area (Å²) in [5.41, 5.74) is 5.52. The van der Waals surface area contributed by atoms with Gasteiger partial charge in [0.2, 0.25) is 0 Å². The highest BCUT2D eigenvalue weighted by Crippen LogP contribution is 2.24. The second-order valence-electron chi connectivity index (χ2n) is 7.88. The van der Waals surface area contributed by atoms with E-state index in [9.17, 15) is 9.59 Å². The highest BCUT2D eigenvalue weighted by Gasteiger charge is 2.23. The molecule has 2 heterocycles. The molecule has 2 fully saturated rings. The number of thioether (sulfide) groups is 1. The van der Waals surface area contributed by atoms with Crippen LogP contribution in [-0.4, -0.2) is 54.5 Å². The first-order valence-corrected chi connectivity index (χ1v) is 11.5. The summed E-state index contributed by atoms with van der Waals surface area (Å²) in [6.07, 6.45) is 0. The van der Waals surface area contributed by atoms with E-state index in [0.717, 1.165) is 42.1 Å². The summed E-state index contributed by atoms with van der Waals surface area (Å²) >= 11 is 2.02. The Morgan fingerprint density at radius 2 is 1.87 bits per heavy atom. The number of rotatable bonds is 5. The summed E-state index contributed by atoms with van der Waals surface area (Å²) in [6.45, 7) is 8.48. The summed E-state index contributed by atoms with van der Waals surface area (Å²) in [5, 5.41) is 5.84. The van der Waals surface area contributed by atoms with Crippen molar-refractivity contribution in [3.8, 4) is 0 Å². The van der Waals surface area contributed by atoms with Crippen molar-refractivity contribution in [2.45, 2.75) is 20.4 Å². The van der Waals surface area contributed by atoms with Gasteiger partial charge in [-0.3, -0.25) is 14.6 Å². The molecule has 158 valence electrons. The lowest BCUT2D eigenvalue weighted by atomic mass is 10.1. The summed E-state index contributed by atoms with van der Waals surface area (Å²) in [6, 6.07) is 11.6. The van der Waals surface area contributed by atoms with Gasteiger partial charge in [-0.2, -0.15) is 11.8 Å². The van der Waals surface area contributed by atoms with Crippen LogP contribution in [0, 0.1) is 13.8 Å². The Morgan fingerprint density at radius 1 is 1.07 bits per heavy atom. The van der Waals surface area contributed by atoms with E-state index >= 15 is 0 Å². The molecule has 3 amide bonds. The average molecular weight is 425 g/mol. The van der Waals surface area contributed by atoms with Gasteiger partial charge in [-0.25, -0.2) is 4.79 Å². The van der Waals surface area contributed by atoms with Gasteiger partial charge in [0.15, 0.2) is 0 Å². The Hall–Kier alpha value is -2.51. The number of aryl methyl sites for hydroxylation is 2. The fourth-order valence-corrected chi connectivity index (χ4v) is 4.96. The van der Waals surface area contributed by atoms with E-state index in [1.54, 1.807) is 11.0 Å². The molecule has 2 N–H and O–H groups in total. The third-order valence-electron chi connectivity index (χ3n) is 5.66. The standard InChI is InChI=1S/C23H28N4O2S/c1-16-13-18(15-26-9-11-30-12-10-26)3-5-20(16)25-22(28)19-4-6-21(17(2)14-19)27-8-7-24-23(27)29/h3-6,13-14H,7-12,15H2,1-2H3,(H,24,29)(H,25,28). The van der Waals surface area contributed by atoms with Crippen molar-refractivity contribution >= 4 is 35.1 Å². The molecule has 0 radical (unpaired) electrons. The lowest BCUT2D eigenvalue weighted by Crippen LogP contribution is -2.31. The van der Waals surface area contributed by atoms with Gasteiger partial charge in [-0.15, -0.1) is 0 Å². The molecule has 2 aromatic carbocycles. The third-order valence-corrected chi connectivity index (χ3v) is 6.60. The maximum Gasteiger partial charge on any atom is 0.322 e. The predicted molar refractivity (Wildman–Crippen MR) is 124 cm³/mol. The number of hydrogen-bond donors (Lipinski definition) is 2. The maximum absolute atomic E-state index is 12.8. The molecule has 0 unspecified atom stereocenters. The fourth-order valence-electron chi connectivity index (χ4n) is 3.98. The van der Waals surface area contributed by atoms with Crippen molar-refractivity contribution in [2.75, 3.05) is 47.9 Å². The molecule has 4 rings (SSSR count). The Labute approximate surface area is 182 Å². The Morgan fingerprint density at radius 3 is 2.53 bits per heavy atom. The molecule has 2 aromatic rings. The highest BCUT2D eigenvalue weighted by molar-refractivity contribution is 7.99. The first kappa shape index (κ1) is 20.8. The average Bonchev–Trinajstić information content (AvgIpc) is 3.16. The molecule has 0 atom stereocenters. The minimum absolute atomic E-state index is 0.0886. The topological polar surface area (TPSA) is 64.7 Å². The van der Waals surface area contributed by atoms with Crippen LogP contribution >= 0.6 is 11.8 Å². The number of carbonyl (C=O) groups is 2. The molecule has 0 spiro atoms. The second kappa shape index (κ2) is 9.10. The highest BCUT2D eigenvalue weighted by atomic mass is 32.2. The van der Waals surface area contributed by atoms with Gasteiger partial charge in [0, 0.05) is 61.2 Å². The molecule has 2 saturated heterocycles. The number of amides is 3. The fraction of sp³-hybridized carbons (Fsp3) is 0.391. The van der Waals surface area contributed by atoms with Gasteiger partial charge in [0.25, 0.3) is 5.91 Å². The summed E-state index contributed by atoms with van der Waals surface area (Å²) < 4.78 is 0. The van der Waals surface area contributed by atoms with Crippen LogP contribution in [0.2, 0.25) is 0 Å². The van der Waals surface area contributed by atoms with Crippen LogP contribution in [0.4, 0.5) is 16.2 Å². The molecule has 0 saturated carbocycles. The number of nitrogens with zero attached hydrogens (tertiary/aromatic N) is 2. The number of urea groups is 1. The van der Waals surface area contributed by atoms with Gasteiger partial charge < -0.3 is 10.6 Å². The first-order valence-electron chi connectivity index (χ1n) is 10.4. The molecule has 2 aliphatic heterocycles. The summed E-state index contributed by atoms with van der Waals surface area (Å²) in [4.78, 5) is 28.9. The number of anilines is 2. The molecular weight excluding hydrogens is 396 g/mol. The van der Waals surface area contributed by atoms with Gasteiger partial charge in [-0.1, -0.05) is 12.1 Å². The van der Waals surface area contributed by atoms with Gasteiger partial charge in [0.05, 0.1) is 0 Å². The van der Waals surface area contributed by atoms with E-state index < -0.39 is 0 Å². The van der Waals surface area contributed by atoms with Crippen molar-refractivity contribution in [1.82, 2.24) is 10.2 Å². The van der Waals surface area contributed by atoms with Gasteiger partial charge in [-0.05, 0) is 54.8 Å². The molecule has 7 heteroatoms. The minimum Gasteiger partial charge on any atom is -0.336 e. The molecule has 0 aliphatic carbocycles. The number of nitrogens with one attached hydrogen (secondary N) is 2. The normalized spacial score (nSPS) is 17.1. The van der Waals surface area contributed by atoms with Crippen molar-refractivity contribution in [3.63, 3.8) is 0 Å². The molecule has 0 bridgehead atoms. The molecule has 2 aliphatic rings. The smallest absolute Gasteiger partial charge is 0.322 e. The van der Waals surface area contributed by atoms with Crippen molar-refractivity contribution in [1.29, 1.82) is 0 Å². The molecule has 0 aromatic heterocycles. The number of benzene rings is 2. The number of hydrogen-bond acceptors (Lipinski definition) is 4. The largest absolute Gasteiger partial charge is 0.336 e. The SMILES string of the molecule is Cc1cc(CN2CCSCC2)ccc1NC(=O)c1ccc(N2CCNC2=O)c(C)c1. The van der Waals surface area contributed by atoms with E-state index in [0.29, 0.717) is 18.7 Å². The van der Waals surface area contributed by atoms with Crippen LogP contribution < -0.4 is 15.5 Å². The van der Waals surface area contributed by atoms with E-state index in [1.165, 1.54) is 17.1 Å². The predicted octanol–water partition coefficient (Wildman–Crippen LogP) is 3.63.